The van der Waals surface area contributed by atoms with Gasteiger partial charge in [0.1, 0.15) is 5.69 Å². The van der Waals surface area contributed by atoms with Crippen molar-refractivity contribution >= 4 is 38.6 Å². The molecule has 1 aromatic heterocycles. The predicted octanol–water partition coefficient (Wildman–Crippen LogP) is 3.38. The number of aromatic nitrogens is 1. The first kappa shape index (κ1) is 18.2. The Balaban J connectivity index is 1.54. The third kappa shape index (κ3) is 3.96. The molecule has 3 rings (SSSR count). The monoisotopic (exact) mass is 413 g/mol. The Bertz CT molecular complexity index is 896. The van der Waals surface area contributed by atoms with Crippen LogP contribution in [0.5, 0.6) is 0 Å². The van der Waals surface area contributed by atoms with Crippen molar-refractivity contribution in [2.24, 2.45) is 7.05 Å². The molecule has 0 unspecified atom stereocenters. The van der Waals surface area contributed by atoms with E-state index in [0.717, 1.165) is 20.9 Å². The Morgan fingerprint density at radius 3 is 2.42 bits per heavy atom. The molecule has 26 heavy (non-hydrogen) atoms. The number of aryl methyl sites for hydroxylation is 1. The fourth-order valence-electron chi connectivity index (χ4n) is 2.86. The molecule has 0 aliphatic carbocycles. The number of halogens is 1. The van der Waals surface area contributed by atoms with Gasteiger partial charge in [0.2, 0.25) is 5.91 Å². The lowest BCUT2D eigenvalue weighted by molar-refractivity contribution is -0.121. The highest BCUT2D eigenvalue weighted by atomic mass is 79.9. The molecule has 0 aliphatic rings. The van der Waals surface area contributed by atoms with Gasteiger partial charge in [0.15, 0.2) is 0 Å². The molecule has 0 spiro atoms. The van der Waals surface area contributed by atoms with Crippen LogP contribution in [0.3, 0.4) is 0 Å². The zero-order valence-electron chi connectivity index (χ0n) is 14.5. The molecule has 0 bridgehead atoms. The van der Waals surface area contributed by atoms with Gasteiger partial charge in [-0.05, 0) is 27.6 Å². The summed E-state index contributed by atoms with van der Waals surface area (Å²) in [5.41, 5.74) is 2.57. The zero-order chi connectivity index (χ0) is 18.5. The average molecular weight is 414 g/mol. The first-order chi connectivity index (χ1) is 12.6. The van der Waals surface area contributed by atoms with Crippen LogP contribution in [-0.4, -0.2) is 22.9 Å². The number of fused-ring (bicyclic) bond motifs is 1. The van der Waals surface area contributed by atoms with Crippen molar-refractivity contribution < 1.29 is 9.59 Å². The maximum Gasteiger partial charge on any atom is 0.269 e. The molecule has 0 atom stereocenters. The first-order valence-electron chi connectivity index (χ1n) is 8.39. The van der Waals surface area contributed by atoms with Gasteiger partial charge in [0.25, 0.3) is 5.91 Å². The molecule has 0 fully saturated rings. The summed E-state index contributed by atoms with van der Waals surface area (Å²) in [5, 5.41) is 6.66. The van der Waals surface area contributed by atoms with Crippen LogP contribution in [0.4, 0.5) is 0 Å². The van der Waals surface area contributed by atoms with Crippen LogP contribution < -0.4 is 10.6 Å². The molecule has 0 aliphatic heterocycles. The zero-order valence-corrected chi connectivity index (χ0v) is 16.0. The maximum atomic E-state index is 12.5. The van der Waals surface area contributed by atoms with Gasteiger partial charge >= 0.3 is 0 Å². The molecular weight excluding hydrogens is 394 g/mol. The van der Waals surface area contributed by atoms with Gasteiger partial charge in [-0.2, -0.15) is 0 Å². The number of para-hydroxylation sites is 1. The Hall–Kier alpha value is -2.60. The second kappa shape index (κ2) is 8.19. The standard InChI is InChI=1S/C20H20BrN3O2/c1-24-16-10-6-5-9-15(16)18(21)19(24)20(26)22-12-11-17(25)23-13-14-7-3-2-4-8-14/h2-10H,11-13H2,1H3,(H,22,26)(H,23,25). The van der Waals surface area contributed by atoms with Crippen molar-refractivity contribution in [3.63, 3.8) is 0 Å². The lowest BCUT2D eigenvalue weighted by atomic mass is 10.2. The molecule has 0 saturated carbocycles. The fraction of sp³-hybridized carbons (Fsp3) is 0.200. The van der Waals surface area contributed by atoms with E-state index in [1.54, 1.807) is 0 Å². The van der Waals surface area contributed by atoms with E-state index >= 15 is 0 Å². The minimum absolute atomic E-state index is 0.0924. The SMILES string of the molecule is Cn1c(C(=O)NCCC(=O)NCc2ccccc2)c(Br)c2ccccc21. The number of amides is 2. The van der Waals surface area contributed by atoms with Gasteiger partial charge in [-0.25, -0.2) is 0 Å². The summed E-state index contributed by atoms with van der Waals surface area (Å²) < 4.78 is 2.62. The van der Waals surface area contributed by atoms with E-state index in [0.29, 0.717) is 12.2 Å². The molecular formula is C20H20BrN3O2. The fourth-order valence-corrected chi connectivity index (χ4v) is 3.64. The van der Waals surface area contributed by atoms with Crippen LogP contribution in [0.1, 0.15) is 22.5 Å². The van der Waals surface area contributed by atoms with Crippen molar-refractivity contribution in [2.75, 3.05) is 6.54 Å². The molecule has 3 aromatic rings. The number of hydrogen-bond donors (Lipinski definition) is 2. The van der Waals surface area contributed by atoms with Crippen molar-refractivity contribution in [1.82, 2.24) is 15.2 Å². The van der Waals surface area contributed by atoms with Gasteiger partial charge < -0.3 is 15.2 Å². The number of nitrogens with one attached hydrogen (secondary N) is 2. The number of carbonyl (C=O) groups is 2. The van der Waals surface area contributed by atoms with E-state index in [1.807, 2.05) is 66.2 Å². The second-order valence-electron chi connectivity index (χ2n) is 6.01. The molecule has 5 nitrogen and oxygen atoms in total. The van der Waals surface area contributed by atoms with Crippen molar-refractivity contribution in [3.05, 3.63) is 70.3 Å². The van der Waals surface area contributed by atoms with E-state index in [-0.39, 0.29) is 24.8 Å². The molecule has 0 saturated heterocycles. The lowest BCUT2D eigenvalue weighted by Crippen LogP contribution is -2.31. The predicted molar refractivity (Wildman–Crippen MR) is 106 cm³/mol. The highest BCUT2D eigenvalue weighted by Crippen LogP contribution is 2.29. The minimum Gasteiger partial charge on any atom is -0.352 e. The van der Waals surface area contributed by atoms with Gasteiger partial charge in [-0.3, -0.25) is 9.59 Å². The molecule has 2 N–H and O–H groups in total. The van der Waals surface area contributed by atoms with E-state index in [9.17, 15) is 9.59 Å². The van der Waals surface area contributed by atoms with Crippen LogP contribution in [0.2, 0.25) is 0 Å². The van der Waals surface area contributed by atoms with Gasteiger partial charge in [-0.1, -0.05) is 48.5 Å². The molecule has 134 valence electrons. The Morgan fingerprint density at radius 1 is 1.00 bits per heavy atom. The van der Waals surface area contributed by atoms with Gasteiger partial charge in [0, 0.05) is 37.5 Å². The van der Waals surface area contributed by atoms with E-state index < -0.39 is 0 Å². The summed E-state index contributed by atoms with van der Waals surface area (Å²) in [7, 11) is 1.86. The van der Waals surface area contributed by atoms with E-state index in [2.05, 4.69) is 26.6 Å². The van der Waals surface area contributed by atoms with E-state index in [1.165, 1.54) is 0 Å². The third-order valence-electron chi connectivity index (χ3n) is 4.23. The maximum absolute atomic E-state index is 12.5. The average Bonchev–Trinajstić information content (AvgIpc) is 2.92. The van der Waals surface area contributed by atoms with Crippen LogP contribution >= 0.6 is 15.9 Å². The summed E-state index contributed by atoms with van der Waals surface area (Å²) >= 11 is 3.51. The summed E-state index contributed by atoms with van der Waals surface area (Å²) in [5.74, 6) is -0.295. The first-order valence-corrected chi connectivity index (χ1v) is 9.19. The highest BCUT2D eigenvalue weighted by Gasteiger charge is 2.19. The van der Waals surface area contributed by atoms with Crippen molar-refractivity contribution in [2.45, 2.75) is 13.0 Å². The summed E-state index contributed by atoms with van der Waals surface area (Å²) in [6.07, 6.45) is 0.236. The minimum atomic E-state index is -0.202. The van der Waals surface area contributed by atoms with E-state index in [4.69, 9.17) is 0 Å². The number of hydrogen-bond acceptors (Lipinski definition) is 2. The Labute approximate surface area is 160 Å². The molecule has 0 radical (unpaired) electrons. The summed E-state index contributed by atoms with van der Waals surface area (Å²) in [6.45, 7) is 0.774. The van der Waals surface area contributed by atoms with Crippen LogP contribution in [0.15, 0.2) is 59.1 Å². The quantitative estimate of drug-likeness (QED) is 0.650. The summed E-state index contributed by atoms with van der Waals surface area (Å²) in [4.78, 5) is 24.5. The number of nitrogens with zero attached hydrogens (tertiary/aromatic N) is 1. The molecule has 2 amide bonds. The normalized spacial score (nSPS) is 10.7. The largest absolute Gasteiger partial charge is 0.352 e. The smallest absolute Gasteiger partial charge is 0.269 e. The topological polar surface area (TPSA) is 63.1 Å². The number of benzene rings is 2. The molecule has 2 aromatic carbocycles. The second-order valence-corrected chi connectivity index (χ2v) is 6.80. The van der Waals surface area contributed by atoms with Crippen molar-refractivity contribution in [1.29, 1.82) is 0 Å². The molecule has 1 heterocycles. The molecule has 6 heteroatoms. The van der Waals surface area contributed by atoms with Crippen molar-refractivity contribution in [3.8, 4) is 0 Å². The number of rotatable bonds is 6. The lowest BCUT2D eigenvalue weighted by Gasteiger charge is -2.08. The van der Waals surface area contributed by atoms with Gasteiger partial charge in [-0.15, -0.1) is 0 Å². The Morgan fingerprint density at radius 2 is 1.69 bits per heavy atom. The third-order valence-corrected chi connectivity index (χ3v) is 5.03. The van der Waals surface area contributed by atoms with Crippen LogP contribution in [0.25, 0.3) is 10.9 Å². The van der Waals surface area contributed by atoms with Crippen LogP contribution in [-0.2, 0) is 18.4 Å². The number of carbonyl (C=O) groups excluding carboxylic acids is 2. The Kier molecular flexibility index (Phi) is 5.73. The summed E-state index contributed by atoms with van der Waals surface area (Å²) in [6, 6.07) is 17.5. The van der Waals surface area contributed by atoms with Crippen LogP contribution in [0, 0.1) is 0 Å². The van der Waals surface area contributed by atoms with Gasteiger partial charge in [0.05, 0.1) is 4.47 Å². The highest BCUT2D eigenvalue weighted by molar-refractivity contribution is 9.10.